The maximum absolute atomic E-state index is 12.9. The van der Waals surface area contributed by atoms with Crippen LogP contribution in [0.15, 0.2) is 84.4 Å². The molecule has 4 aromatic rings. The molecule has 0 radical (unpaired) electrons. The van der Waals surface area contributed by atoms with E-state index in [1.54, 1.807) is 49.6 Å². The van der Waals surface area contributed by atoms with Crippen LogP contribution in [0.5, 0.6) is 17.2 Å². The van der Waals surface area contributed by atoms with Crippen LogP contribution in [0.4, 0.5) is 5.69 Å². The van der Waals surface area contributed by atoms with Crippen LogP contribution < -0.4 is 19.5 Å². The Balaban J connectivity index is 1.60. The maximum Gasteiger partial charge on any atom is 0.266 e. The molecule has 1 N–H and O–H groups in total. The highest BCUT2D eigenvalue weighted by molar-refractivity contribution is 6.09. The van der Waals surface area contributed by atoms with Gasteiger partial charge in [0.15, 0.2) is 0 Å². The molecule has 0 bridgehead atoms. The fraction of sp³-hybridized carbons (Fsp3) is 0.161. The van der Waals surface area contributed by atoms with Crippen molar-refractivity contribution >= 4 is 28.4 Å². The minimum absolute atomic E-state index is 0.0507. The SMILES string of the molecule is CCOc1ccc(NC(=O)/C(C#N)=C/c2ccc(OC)cc2OCc2c(C)ccc3ccccc23)cc1. The molecule has 0 unspecified atom stereocenters. The third kappa shape index (κ3) is 6.09. The van der Waals surface area contributed by atoms with E-state index in [-0.39, 0.29) is 5.57 Å². The summed E-state index contributed by atoms with van der Waals surface area (Å²) in [7, 11) is 1.58. The minimum atomic E-state index is -0.515. The minimum Gasteiger partial charge on any atom is -0.497 e. The highest BCUT2D eigenvalue weighted by Crippen LogP contribution is 2.30. The lowest BCUT2D eigenvalue weighted by atomic mass is 10.0. The summed E-state index contributed by atoms with van der Waals surface area (Å²) in [6.07, 6.45) is 1.52. The van der Waals surface area contributed by atoms with Gasteiger partial charge < -0.3 is 19.5 Å². The number of fused-ring (bicyclic) bond motifs is 1. The van der Waals surface area contributed by atoms with Gasteiger partial charge in [0.2, 0.25) is 0 Å². The Hall–Kier alpha value is -4.76. The lowest BCUT2D eigenvalue weighted by molar-refractivity contribution is -0.112. The van der Waals surface area contributed by atoms with E-state index in [1.165, 1.54) is 6.08 Å². The van der Waals surface area contributed by atoms with Crippen LogP contribution >= 0.6 is 0 Å². The molecule has 0 aliphatic carbocycles. The first-order valence-electron chi connectivity index (χ1n) is 12.0. The highest BCUT2D eigenvalue weighted by Gasteiger charge is 2.14. The average molecular weight is 493 g/mol. The van der Waals surface area contributed by atoms with Gasteiger partial charge in [0, 0.05) is 22.9 Å². The Kier molecular flexibility index (Phi) is 8.07. The number of anilines is 1. The molecule has 0 saturated carbocycles. The molecule has 6 nitrogen and oxygen atoms in total. The van der Waals surface area contributed by atoms with Crippen molar-refractivity contribution in [3.63, 3.8) is 0 Å². The fourth-order valence-corrected chi connectivity index (χ4v) is 3.98. The van der Waals surface area contributed by atoms with Crippen molar-refractivity contribution in [2.75, 3.05) is 19.0 Å². The van der Waals surface area contributed by atoms with E-state index in [1.807, 2.05) is 25.1 Å². The summed E-state index contributed by atoms with van der Waals surface area (Å²) in [5.74, 6) is 1.31. The molecule has 6 heteroatoms. The highest BCUT2D eigenvalue weighted by atomic mass is 16.5. The average Bonchev–Trinajstić information content (AvgIpc) is 2.92. The van der Waals surface area contributed by atoms with Crippen molar-refractivity contribution in [2.24, 2.45) is 0 Å². The Morgan fingerprint density at radius 3 is 2.46 bits per heavy atom. The van der Waals surface area contributed by atoms with Crippen LogP contribution in [-0.2, 0) is 11.4 Å². The molecular formula is C31H28N2O4. The molecule has 0 saturated heterocycles. The quantitative estimate of drug-likeness (QED) is 0.208. The Labute approximate surface area is 216 Å². The molecule has 0 heterocycles. The number of aryl methyl sites for hydroxylation is 1. The van der Waals surface area contributed by atoms with Gasteiger partial charge in [-0.1, -0.05) is 36.4 Å². The van der Waals surface area contributed by atoms with E-state index in [0.717, 1.165) is 21.9 Å². The molecular weight excluding hydrogens is 464 g/mol. The smallest absolute Gasteiger partial charge is 0.266 e. The number of amides is 1. The Bertz CT molecular complexity index is 1480. The van der Waals surface area contributed by atoms with Gasteiger partial charge in [-0.25, -0.2) is 0 Å². The summed E-state index contributed by atoms with van der Waals surface area (Å²) in [6, 6.07) is 26.6. The summed E-state index contributed by atoms with van der Waals surface area (Å²) < 4.78 is 17.1. The first kappa shape index (κ1) is 25.3. The summed E-state index contributed by atoms with van der Waals surface area (Å²) in [4.78, 5) is 12.9. The number of hydrogen-bond donors (Lipinski definition) is 1. The third-order valence-electron chi connectivity index (χ3n) is 5.96. The molecule has 0 aliphatic rings. The molecule has 1 amide bonds. The second-order valence-electron chi connectivity index (χ2n) is 8.36. The van der Waals surface area contributed by atoms with E-state index >= 15 is 0 Å². The predicted molar refractivity (Wildman–Crippen MR) is 146 cm³/mol. The monoisotopic (exact) mass is 492 g/mol. The number of ether oxygens (including phenoxy) is 3. The van der Waals surface area contributed by atoms with Gasteiger partial charge >= 0.3 is 0 Å². The van der Waals surface area contributed by atoms with Gasteiger partial charge in [-0.15, -0.1) is 0 Å². The number of nitrogens with one attached hydrogen (secondary N) is 1. The standard InChI is InChI=1S/C31H28N2O4/c1-4-36-26-15-12-25(13-16-26)33-31(34)24(19-32)17-23-11-14-27(35-3)18-30(23)37-20-29-21(2)9-10-22-7-5-6-8-28(22)29/h5-18H,4,20H2,1-3H3,(H,33,34)/b24-17+. The summed E-state index contributed by atoms with van der Waals surface area (Å²) in [6.45, 7) is 4.83. The van der Waals surface area contributed by atoms with Crippen molar-refractivity contribution in [3.8, 4) is 23.3 Å². The number of carbonyl (C=O) groups is 1. The molecule has 0 aliphatic heterocycles. The van der Waals surface area contributed by atoms with Gasteiger partial charge in [-0.3, -0.25) is 4.79 Å². The molecule has 37 heavy (non-hydrogen) atoms. The zero-order chi connectivity index (χ0) is 26.2. The van der Waals surface area contributed by atoms with Gasteiger partial charge in [0.05, 0.1) is 13.7 Å². The lowest BCUT2D eigenvalue weighted by Crippen LogP contribution is -2.13. The molecule has 0 spiro atoms. The van der Waals surface area contributed by atoms with Crippen molar-refractivity contribution < 1.29 is 19.0 Å². The number of benzene rings is 4. The van der Waals surface area contributed by atoms with E-state index in [4.69, 9.17) is 14.2 Å². The number of rotatable bonds is 9. The second-order valence-corrected chi connectivity index (χ2v) is 8.36. The molecule has 186 valence electrons. The molecule has 4 rings (SSSR count). The predicted octanol–water partition coefficient (Wildman–Crippen LogP) is 6.68. The zero-order valence-electron chi connectivity index (χ0n) is 21.1. The van der Waals surface area contributed by atoms with Gasteiger partial charge in [-0.2, -0.15) is 5.26 Å². The van der Waals surface area contributed by atoms with Gasteiger partial charge in [-0.05, 0) is 72.7 Å². The van der Waals surface area contributed by atoms with Crippen LogP contribution in [0.3, 0.4) is 0 Å². The summed E-state index contributed by atoms with van der Waals surface area (Å²) >= 11 is 0. The molecule has 0 aromatic heterocycles. The first-order valence-corrected chi connectivity index (χ1v) is 12.0. The van der Waals surface area contributed by atoms with Crippen LogP contribution in [-0.4, -0.2) is 19.6 Å². The number of nitriles is 1. The van der Waals surface area contributed by atoms with Crippen LogP contribution in [0.2, 0.25) is 0 Å². The molecule has 4 aromatic carbocycles. The number of methoxy groups -OCH3 is 1. The Morgan fingerprint density at radius 2 is 1.73 bits per heavy atom. The summed E-state index contributed by atoms with van der Waals surface area (Å²) in [5, 5.41) is 14.8. The normalized spacial score (nSPS) is 11.0. The van der Waals surface area contributed by atoms with E-state index in [0.29, 0.717) is 41.7 Å². The third-order valence-corrected chi connectivity index (χ3v) is 5.96. The van der Waals surface area contributed by atoms with E-state index in [2.05, 4.69) is 36.5 Å². The maximum atomic E-state index is 12.9. The van der Waals surface area contributed by atoms with Crippen molar-refractivity contribution in [2.45, 2.75) is 20.5 Å². The van der Waals surface area contributed by atoms with Crippen molar-refractivity contribution in [1.82, 2.24) is 0 Å². The largest absolute Gasteiger partial charge is 0.497 e. The first-order chi connectivity index (χ1) is 18.0. The van der Waals surface area contributed by atoms with Crippen LogP contribution in [0, 0.1) is 18.3 Å². The van der Waals surface area contributed by atoms with E-state index in [9.17, 15) is 10.1 Å². The van der Waals surface area contributed by atoms with Crippen LogP contribution in [0.1, 0.15) is 23.6 Å². The van der Waals surface area contributed by atoms with Gasteiger partial charge in [0.25, 0.3) is 5.91 Å². The Morgan fingerprint density at radius 1 is 0.973 bits per heavy atom. The fourth-order valence-electron chi connectivity index (χ4n) is 3.98. The molecule has 0 fully saturated rings. The summed E-state index contributed by atoms with van der Waals surface area (Å²) in [5.41, 5.74) is 3.30. The lowest BCUT2D eigenvalue weighted by Gasteiger charge is -2.15. The van der Waals surface area contributed by atoms with Crippen molar-refractivity contribution in [3.05, 3.63) is 101 Å². The van der Waals surface area contributed by atoms with E-state index < -0.39 is 5.91 Å². The number of nitrogens with zero attached hydrogens (tertiary/aromatic N) is 1. The second kappa shape index (κ2) is 11.8. The van der Waals surface area contributed by atoms with Crippen molar-refractivity contribution in [1.29, 1.82) is 5.26 Å². The van der Waals surface area contributed by atoms with Gasteiger partial charge in [0.1, 0.15) is 35.5 Å². The van der Waals surface area contributed by atoms with Crippen LogP contribution in [0.25, 0.3) is 16.8 Å². The number of carbonyl (C=O) groups excluding carboxylic acids is 1. The topological polar surface area (TPSA) is 80.6 Å². The number of hydrogen-bond acceptors (Lipinski definition) is 5. The molecule has 0 atom stereocenters. The zero-order valence-corrected chi connectivity index (χ0v) is 21.1.